The highest BCUT2D eigenvalue weighted by Crippen LogP contribution is 2.37. The number of nitrogens with one attached hydrogen (secondary N) is 1. The molecule has 0 amide bonds. The summed E-state index contributed by atoms with van der Waals surface area (Å²) in [7, 11) is 0. The molecular formula is C20H38N2. The molecule has 2 heteroatoms. The molecule has 2 saturated carbocycles. The zero-order valence-corrected chi connectivity index (χ0v) is 15.0. The minimum atomic E-state index is 0.764. The molecule has 3 fully saturated rings. The molecule has 1 N–H and O–H groups in total. The maximum atomic E-state index is 4.07. The van der Waals surface area contributed by atoms with E-state index in [0.29, 0.717) is 0 Å². The van der Waals surface area contributed by atoms with Crippen molar-refractivity contribution < 1.29 is 0 Å². The molecule has 22 heavy (non-hydrogen) atoms. The van der Waals surface area contributed by atoms with E-state index in [2.05, 4.69) is 24.1 Å². The van der Waals surface area contributed by atoms with Crippen LogP contribution < -0.4 is 5.32 Å². The molecule has 128 valence electrons. The lowest BCUT2D eigenvalue weighted by atomic mass is 9.87. The van der Waals surface area contributed by atoms with Crippen LogP contribution in [0.4, 0.5) is 0 Å². The van der Waals surface area contributed by atoms with Gasteiger partial charge in [-0.15, -0.1) is 0 Å². The van der Waals surface area contributed by atoms with E-state index >= 15 is 0 Å². The number of hydrogen-bond acceptors (Lipinski definition) is 2. The summed E-state index contributed by atoms with van der Waals surface area (Å²) in [6.45, 7) is 7.53. The fourth-order valence-corrected chi connectivity index (χ4v) is 4.88. The van der Waals surface area contributed by atoms with Crippen LogP contribution in [0.15, 0.2) is 0 Å². The molecule has 1 heterocycles. The average molecular weight is 307 g/mol. The molecule has 0 aromatic rings. The van der Waals surface area contributed by atoms with E-state index in [1.165, 1.54) is 83.7 Å². The Morgan fingerprint density at radius 3 is 2.45 bits per heavy atom. The van der Waals surface area contributed by atoms with Gasteiger partial charge in [0.25, 0.3) is 0 Å². The Morgan fingerprint density at radius 2 is 1.77 bits per heavy atom. The molecule has 2 aliphatic carbocycles. The summed E-state index contributed by atoms with van der Waals surface area (Å²) in [6, 6.07) is 2.42. The molecule has 1 aliphatic heterocycles. The van der Waals surface area contributed by atoms with Gasteiger partial charge in [-0.25, -0.2) is 0 Å². The van der Waals surface area contributed by atoms with E-state index in [-0.39, 0.29) is 0 Å². The maximum absolute atomic E-state index is 4.07. The highest BCUT2D eigenvalue weighted by Gasteiger charge is 2.37. The van der Waals surface area contributed by atoms with Crippen molar-refractivity contribution in [2.24, 2.45) is 11.8 Å². The summed E-state index contributed by atoms with van der Waals surface area (Å²) in [6.07, 6.45) is 15.8. The van der Waals surface area contributed by atoms with E-state index < -0.39 is 0 Å². The van der Waals surface area contributed by atoms with Crippen LogP contribution in [0.2, 0.25) is 0 Å². The molecule has 0 spiro atoms. The lowest BCUT2D eigenvalue weighted by molar-refractivity contribution is 0.0836. The quantitative estimate of drug-likeness (QED) is 0.740. The first-order valence-corrected chi connectivity index (χ1v) is 10.3. The van der Waals surface area contributed by atoms with Crippen LogP contribution in [0, 0.1) is 11.8 Å². The van der Waals surface area contributed by atoms with Gasteiger partial charge in [0.1, 0.15) is 0 Å². The third-order valence-electron chi connectivity index (χ3n) is 6.49. The van der Waals surface area contributed by atoms with Gasteiger partial charge in [-0.2, -0.15) is 0 Å². The molecule has 3 rings (SSSR count). The van der Waals surface area contributed by atoms with Crippen LogP contribution in [-0.2, 0) is 0 Å². The molecular weight excluding hydrogens is 268 g/mol. The molecule has 0 aromatic heterocycles. The third kappa shape index (κ3) is 4.71. The van der Waals surface area contributed by atoms with Crippen molar-refractivity contribution in [2.45, 2.75) is 103 Å². The van der Waals surface area contributed by atoms with Gasteiger partial charge in [0.05, 0.1) is 0 Å². The first-order valence-electron chi connectivity index (χ1n) is 10.3. The predicted octanol–water partition coefficient (Wildman–Crippen LogP) is 4.59. The van der Waals surface area contributed by atoms with Gasteiger partial charge in [-0.1, -0.05) is 39.0 Å². The molecule has 0 aromatic carbocycles. The molecule has 3 aliphatic rings. The fraction of sp³-hybridized carbons (Fsp3) is 1.00. The largest absolute Gasteiger partial charge is 0.310 e. The zero-order chi connectivity index (χ0) is 15.4. The van der Waals surface area contributed by atoms with Crippen molar-refractivity contribution in [2.75, 3.05) is 13.1 Å². The fourth-order valence-electron chi connectivity index (χ4n) is 4.88. The second-order valence-electron chi connectivity index (χ2n) is 8.47. The molecule has 2 nitrogen and oxygen atoms in total. The maximum Gasteiger partial charge on any atom is 0.0200 e. The standard InChI is InChI=1S/C20H38N2/c1-3-4-8-17-13-20(21-19-9-6-5-7-10-19)15-22(14-17)16(2)18-11-12-18/h16-21H,3-15H2,1-2H3. The Balaban J connectivity index is 1.55. The summed E-state index contributed by atoms with van der Waals surface area (Å²) in [5.74, 6) is 1.95. The minimum absolute atomic E-state index is 0.764. The minimum Gasteiger partial charge on any atom is -0.310 e. The first kappa shape index (κ1) is 16.8. The van der Waals surface area contributed by atoms with Gasteiger partial charge >= 0.3 is 0 Å². The number of hydrogen-bond donors (Lipinski definition) is 1. The van der Waals surface area contributed by atoms with Crippen molar-refractivity contribution in [3.05, 3.63) is 0 Å². The van der Waals surface area contributed by atoms with Gasteiger partial charge < -0.3 is 5.32 Å². The van der Waals surface area contributed by atoms with Crippen LogP contribution in [0.25, 0.3) is 0 Å². The topological polar surface area (TPSA) is 15.3 Å². The monoisotopic (exact) mass is 306 g/mol. The number of piperidine rings is 1. The van der Waals surface area contributed by atoms with Crippen LogP contribution in [0.1, 0.15) is 84.5 Å². The van der Waals surface area contributed by atoms with Crippen molar-refractivity contribution in [3.63, 3.8) is 0 Å². The molecule has 3 atom stereocenters. The van der Waals surface area contributed by atoms with Gasteiger partial charge in [0.15, 0.2) is 0 Å². The second-order valence-corrected chi connectivity index (χ2v) is 8.47. The summed E-state index contributed by atoms with van der Waals surface area (Å²) in [4.78, 5) is 2.85. The number of rotatable bonds is 7. The zero-order valence-electron chi connectivity index (χ0n) is 15.0. The van der Waals surface area contributed by atoms with Crippen molar-refractivity contribution in [1.82, 2.24) is 10.2 Å². The number of nitrogens with zero attached hydrogens (tertiary/aromatic N) is 1. The highest BCUT2D eigenvalue weighted by molar-refractivity contribution is 4.92. The second kappa shape index (κ2) is 8.15. The van der Waals surface area contributed by atoms with Crippen LogP contribution in [-0.4, -0.2) is 36.1 Å². The molecule has 0 radical (unpaired) electrons. The van der Waals surface area contributed by atoms with E-state index in [1.807, 2.05) is 0 Å². The van der Waals surface area contributed by atoms with Gasteiger partial charge in [0.2, 0.25) is 0 Å². The van der Waals surface area contributed by atoms with Crippen LogP contribution in [0.3, 0.4) is 0 Å². The van der Waals surface area contributed by atoms with Crippen molar-refractivity contribution in [1.29, 1.82) is 0 Å². The van der Waals surface area contributed by atoms with Crippen LogP contribution >= 0.6 is 0 Å². The predicted molar refractivity (Wildman–Crippen MR) is 95.2 cm³/mol. The van der Waals surface area contributed by atoms with Gasteiger partial charge in [-0.05, 0) is 57.3 Å². The number of likely N-dealkylation sites (tertiary alicyclic amines) is 1. The van der Waals surface area contributed by atoms with Crippen LogP contribution in [0.5, 0.6) is 0 Å². The Kier molecular flexibility index (Phi) is 6.21. The molecule has 3 unspecified atom stereocenters. The normalized spacial score (nSPS) is 33.0. The Bertz CT molecular complexity index is 320. The summed E-state index contributed by atoms with van der Waals surface area (Å²) in [5.41, 5.74) is 0. The third-order valence-corrected chi connectivity index (χ3v) is 6.49. The Hall–Kier alpha value is -0.0800. The summed E-state index contributed by atoms with van der Waals surface area (Å²) < 4.78 is 0. The van der Waals surface area contributed by atoms with E-state index in [9.17, 15) is 0 Å². The van der Waals surface area contributed by atoms with E-state index in [4.69, 9.17) is 0 Å². The average Bonchev–Trinajstić information content (AvgIpc) is 3.38. The smallest absolute Gasteiger partial charge is 0.0200 e. The van der Waals surface area contributed by atoms with E-state index in [0.717, 1.165) is 30.0 Å². The van der Waals surface area contributed by atoms with E-state index in [1.54, 1.807) is 0 Å². The number of unbranched alkanes of at least 4 members (excludes halogenated alkanes) is 1. The first-order chi connectivity index (χ1) is 10.8. The molecule has 0 bridgehead atoms. The van der Waals surface area contributed by atoms with Crippen molar-refractivity contribution in [3.8, 4) is 0 Å². The summed E-state index contributed by atoms with van der Waals surface area (Å²) in [5, 5.41) is 4.07. The lowest BCUT2D eigenvalue weighted by Gasteiger charge is -2.43. The molecule has 1 saturated heterocycles. The van der Waals surface area contributed by atoms with Crippen molar-refractivity contribution >= 4 is 0 Å². The summed E-state index contributed by atoms with van der Waals surface area (Å²) >= 11 is 0. The Morgan fingerprint density at radius 1 is 1.00 bits per heavy atom. The van der Waals surface area contributed by atoms with Gasteiger partial charge in [-0.3, -0.25) is 4.90 Å². The SMILES string of the molecule is CCCCC1CC(NC2CCCCC2)CN(C(C)C2CC2)C1. The van der Waals surface area contributed by atoms with Gasteiger partial charge in [0, 0.05) is 31.2 Å². The lowest BCUT2D eigenvalue weighted by Crippen LogP contribution is -2.54. The highest BCUT2D eigenvalue weighted by atomic mass is 15.2. The Labute approximate surface area is 138 Å².